The van der Waals surface area contributed by atoms with Crippen LogP contribution in [0.2, 0.25) is 0 Å². The number of carbonyl (C=O) groups is 1. The van der Waals surface area contributed by atoms with Crippen molar-refractivity contribution in [1.82, 2.24) is 0 Å². The van der Waals surface area contributed by atoms with E-state index in [1.54, 1.807) is 12.1 Å². The molecule has 21 heavy (non-hydrogen) atoms. The zero-order valence-electron chi connectivity index (χ0n) is 13.0. The molecule has 114 valence electrons. The Balaban J connectivity index is 2.45. The number of aliphatic carboxylic acids is 1. The van der Waals surface area contributed by atoms with E-state index in [4.69, 9.17) is 9.84 Å². The van der Waals surface area contributed by atoms with Gasteiger partial charge < -0.3 is 9.84 Å². The van der Waals surface area contributed by atoms with Crippen LogP contribution in [0.1, 0.15) is 39.2 Å². The van der Waals surface area contributed by atoms with Crippen molar-refractivity contribution >= 4 is 12.0 Å². The Labute approximate surface area is 127 Å². The molecule has 1 rings (SSSR count). The summed E-state index contributed by atoms with van der Waals surface area (Å²) in [5.41, 5.74) is 2.45. The van der Waals surface area contributed by atoms with Gasteiger partial charge in [0.2, 0.25) is 0 Å². The van der Waals surface area contributed by atoms with E-state index in [2.05, 4.69) is 39.0 Å². The molecule has 0 fully saturated rings. The molecule has 0 saturated heterocycles. The standard InChI is InChI=1S/C18H24O3/c1-14(2)5-4-6-15(3)7-8-16-9-11-17(12-10-16)21-13-18(19)20/h5,7-12,15H,4,6,13H2,1-3H3,(H,19,20)/b8-7+. The van der Waals surface area contributed by atoms with Gasteiger partial charge in [-0.3, -0.25) is 0 Å². The van der Waals surface area contributed by atoms with Crippen molar-refractivity contribution in [3.05, 3.63) is 47.6 Å². The Kier molecular flexibility index (Phi) is 7.30. The van der Waals surface area contributed by atoms with Gasteiger partial charge in [0.1, 0.15) is 5.75 Å². The highest BCUT2D eigenvalue weighted by Gasteiger charge is 1.99. The van der Waals surface area contributed by atoms with Crippen molar-refractivity contribution in [1.29, 1.82) is 0 Å². The first kappa shape index (κ1) is 17.0. The van der Waals surface area contributed by atoms with Gasteiger partial charge in [-0.25, -0.2) is 4.79 Å². The van der Waals surface area contributed by atoms with Crippen molar-refractivity contribution < 1.29 is 14.6 Å². The molecular weight excluding hydrogens is 264 g/mol. The molecule has 1 unspecified atom stereocenters. The third-order valence-electron chi connectivity index (χ3n) is 3.03. The molecule has 0 amide bonds. The summed E-state index contributed by atoms with van der Waals surface area (Å²) in [6, 6.07) is 7.43. The van der Waals surface area contributed by atoms with E-state index in [1.165, 1.54) is 5.57 Å². The van der Waals surface area contributed by atoms with E-state index in [0.717, 1.165) is 18.4 Å². The molecular formula is C18H24O3. The minimum atomic E-state index is -0.968. The van der Waals surface area contributed by atoms with Crippen LogP contribution in [0.3, 0.4) is 0 Å². The van der Waals surface area contributed by atoms with Crippen LogP contribution >= 0.6 is 0 Å². The van der Waals surface area contributed by atoms with E-state index < -0.39 is 5.97 Å². The van der Waals surface area contributed by atoms with Crippen molar-refractivity contribution in [3.8, 4) is 5.75 Å². The smallest absolute Gasteiger partial charge is 0.341 e. The van der Waals surface area contributed by atoms with E-state index in [9.17, 15) is 4.79 Å². The second-order valence-corrected chi connectivity index (χ2v) is 5.45. The van der Waals surface area contributed by atoms with Crippen LogP contribution in [-0.4, -0.2) is 17.7 Å². The maximum absolute atomic E-state index is 10.4. The molecule has 0 aliphatic carbocycles. The first-order valence-electron chi connectivity index (χ1n) is 7.23. The molecule has 0 aliphatic heterocycles. The van der Waals surface area contributed by atoms with Gasteiger partial charge in [0.15, 0.2) is 6.61 Å². The summed E-state index contributed by atoms with van der Waals surface area (Å²) in [6.07, 6.45) is 8.80. The number of carboxylic acids is 1. The first-order valence-corrected chi connectivity index (χ1v) is 7.23. The number of benzene rings is 1. The quantitative estimate of drug-likeness (QED) is 0.714. The summed E-state index contributed by atoms with van der Waals surface area (Å²) in [6.45, 7) is 6.14. The topological polar surface area (TPSA) is 46.5 Å². The number of rotatable bonds is 8. The summed E-state index contributed by atoms with van der Waals surface area (Å²) in [5, 5.41) is 8.54. The molecule has 1 atom stereocenters. The molecule has 0 spiro atoms. The van der Waals surface area contributed by atoms with E-state index in [1.807, 2.05) is 12.1 Å². The zero-order valence-corrected chi connectivity index (χ0v) is 13.0. The summed E-state index contributed by atoms with van der Waals surface area (Å²) in [4.78, 5) is 10.4. The first-order chi connectivity index (χ1) is 9.97. The molecule has 0 heterocycles. The average molecular weight is 288 g/mol. The molecule has 1 N–H and O–H groups in total. The van der Waals surface area contributed by atoms with E-state index >= 15 is 0 Å². The fraction of sp³-hybridized carbons (Fsp3) is 0.389. The Morgan fingerprint density at radius 2 is 1.95 bits per heavy atom. The van der Waals surface area contributed by atoms with Gasteiger partial charge in [-0.1, -0.05) is 42.9 Å². The Hall–Kier alpha value is -2.03. The molecule has 1 aromatic rings. The number of hydrogen-bond acceptors (Lipinski definition) is 2. The maximum atomic E-state index is 10.4. The molecule has 0 radical (unpaired) electrons. The minimum absolute atomic E-state index is 0.309. The third-order valence-corrected chi connectivity index (χ3v) is 3.03. The van der Waals surface area contributed by atoms with Crippen LogP contribution in [-0.2, 0) is 4.79 Å². The fourth-order valence-corrected chi connectivity index (χ4v) is 1.83. The van der Waals surface area contributed by atoms with Gasteiger partial charge in [-0.15, -0.1) is 0 Å². The molecule has 3 heteroatoms. The van der Waals surface area contributed by atoms with Crippen LogP contribution in [0.25, 0.3) is 6.08 Å². The maximum Gasteiger partial charge on any atom is 0.341 e. The van der Waals surface area contributed by atoms with Crippen molar-refractivity contribution in [2.24, 2.45) is 5.92 Å². The molecule has 0 bridgehead atoms. The van der Waals surface area contributed by atoms with Crippen molar-refractivity contribution in [2.45, 2.75) is 33.6 Å². The summed E-state index contributed by atoms with van der Waals surface area (Å²) in [7, 11) is 0. The molecule has 3 nitrogen and oxygen atoms in total. The van der Waals surface area contributed by atoms with Gasteiger partial charge in [0.25, 0.3) is 0 Å². The zero-order chi connectivity index (χ0) is 15.7. The van der Waals surface area contributed by atoms with Crippen LogP contribution in [0.4, 0.5) is 0 Å². The van der Waals surface area contributed by atoms with Crippen LogP contribution in [0, 0.1) is 5.92 Å². The lowest BCUT2D eigenvalue weighted by Gasteiger charge is -2.05. The third kappa shape index (κ3) is 7.98. The lowest BCUT2D eigenvalue weighted by Crippen LogP contribution is -2.09. The number of ether oxygens (including phenoxy) is 1. The predicted octanol–water partition coefficient (Wildman–Crippen LogP) is 4.55. The molecule has 1 aromatic carbocycles. The SMILES string of the molecule is CC(C)=CCCC(C)/C=C/c1ccc(OCC(=O)O)cc1. The lowest BCUT2D eigenvalue weighted by molar-refractivity contribution is -0.139. The highest BCUT2D eigenvalue weighted by molar-refractivity contribution is 5.68. The lowest BCUT2D eigenvalue weighted by atomic mass is 10.0. The predicted molar refractivity (Wildman–Crippen MR) is 86.4 cm³/mol. The van der Waals surface area contributed by atoms with Gasteiger partial charge in [0.05, 0.1) is 0 Å². The van der Waals surface area contributed by atoms with Crippen LogP contribution < -0.4 is 4.74 Å². The van der Waals surface area contributed by atoms with Crippen LogP contribution in [0.5, 0.6) is 5.75 Å². The molecule has 0 aliphatic rings. The Morgan fingerprint density at radius 1 is 1.29 bits per heavy atom. The van der Waals surface area contributed by atoms with Crippen molar-refractivity contribution in [3.63, 3.8) is 0 Å². The highest BCUT2D eigenvalue weighted by atomic mass is 16.5. The van der Waals surface area contributed by atoms with E-state index in [-0.39, 0.29) is 6.61 Å². The van der Waals surface area contributed by atoms with Crippen LogP contribution in [0.15, 0.2) is 42.0 Å². The largest absolute Gasteiger partial charge is 0.482 e. The highest BCUT2D eigenvalue weighted by Crippen LogP contribution is 2.15. The molecule has 0 saturated carbocycles. The Morgan fingerprint density at radius 3 is 2.52 bits per heavy atom. The Bertz CT molecular complexity index is 494. The summed E-state index contributed by atoms with van der Waals surface area (Å²) < 4.78 is 5.09. The fourth-order valence-electron chi connectivity index (χ4n) is 1.83. The number of hydrogen-bond donors (Lipinski definition) is 1. The second-order valence-electron chi connectivity index (χ2n) is 5.45. The van der Waals surface area contributed by atoms with E-state index in [0.29, 0.717) is 11.7 Å². The van der Waals surface area contributed by atoms with Gasteiger partial charge in [-0.2, -0.15) is 0 Å². The monoisotopic (exact) mass is 288 g/mol. The van der Waals surface area contributed by atoms with Gasteiger partial charge in [0, 0.05) is 0 Å². The summed E-state index contributed by atoms with van der Waals surface area (Å²) >= 11 is 0. The number of allylic oxidation sites excluding steroid dienone is 3. The minimum Gasteiger partial charge on any atom is -0.482 e. The normalized spacial score (nSPS) is 12.1. The number of carboxylic acid groups (broad SMARTS) is 1. The average Bonchev–Trinajstić information content (AvgIpc) is 2.43. The van der Waals surface area contributed by atoms with Crippen molar-refractivity contribution in [2.75, 3.05) is 6.61 Å². The molecule has 0 aromatic heterocycles. The summed E-state index contributed by atoms with van der Waals surface area (Å²) in [5.74, 6) is 0.138. The van der Waals surface area contributed by atoms with Gasteiger partial charge >= 0.3 is 5.97 Å². The van der Waals surface area contributed by atoms with Gasteiger partial charge in [-0.05, 0) is 50.3 Å². The second kappa shape index (κ2) is 9.01.